The molecule has 0 heterocycles. The van der Waals surface area contributed by atoms with Crippen LogP contribution in [0.2, 0.25) is 0 Å². The average Bonchev–Trinajstić information content (AvgIpc) is 3.22. The van der Waals surface area contributed by atoms with Gasteiger partial charge in [0.05, 0.1) is 12.1 Å². The van der Waals surface area contributed by atoms with Gasteiger partial charge in [-0.3, -0.25) is 0 Å². The minimum atomic E-state index is -0.350. The van der Waals surface area contributed by atoms with E-state index in [4.69, 9.17) is 10.5 Å². The Kier molecular flexibility index (Phi) is 3.76. The van der Waals surface area contributed by atoms with Crippen molar-refractivity contribution in [2.75, 3.05) is 0 Å². The number of ether oxygens (including phenoxy) is 1. The van der Waals surface area contributed by atoms with E-state index in [9.17, 15) is 4.39 Å². The lowest BCUT2D eigenvalue weighted by atomic mass is 9.99. The van der Waals surface area contributed by atoms with Gasteiger partial charge >= 0.3 is 0 Å². The topological polar surface area (TPSA) is 35.2 Å². The van der Waals surface area contributed by atoms with Crippen molar-refractivity contribution < 1.29 is 9.13 Å². The molecule has 2 aromatic carbocycles. The predicted octanol–water partition coefficient (Wildman–Crippen LogP) is 4.18. The first-order chi connectivity index (χ1) is 9.61. The van der Waals surface area contributed by atoms with Crippen LogP contribution in [0.4, 0.5) is 4.39 Å². The van der Waals surface area contributed by atoms with Gasteiger partial charge in [-0.2, -0.15) is 0 Å². The van der Waals surface area contributed by atoms with Gasteiger partial charge in [-0.1, -0.05) is 28.1 Å². The summed E-state index contributed by atoms with van der Waals surface area (Å²) in [5, 5.41) is 0. The molecule has 0 bridgehead atoms. The van der Waals surface area contributed by atoms with E-state index in [2.05, 4.69) is 15.9 Å². The maximum atomic E-state index is 13.4. The Bertz CT molecular complexity index is 590. The van der Waals surface area contributed by atoms with Gasteiger partial charge in [0.15, 0.2) is 0 Å². The lowest BCUT2D eigenvalue weighted by molar-refractivity contribution is 0.303. The minimum absolute atomic E-state index is 0.293. The Morgan fingerprint density at radius 3 is 2.40 bits per heavy atom. The molecule has 2 nitrogen and oxygen atoms in total. The van der Waals surface area contributed by atoms with Crippen LogP contribution in [-0.2, 0) is 0 Å². The van der Waals surface area contributed by atoms with Gasteiger partial charge in [-0.25, -0.2) is 4.39 Å². The molecular formula is C16H15BrFNO. The van der Waals surface area contributed by atoms with Crippen molar-refractivity contribution in [2.45, 2.75) is 25.0 Å². The molecule has 1 aliphatic carbocycles. The van der Waals surface area contributed by atoms with Crippen LogP contribution in [0.15, 0.2) is 46.9 Å². The standard InChI is InChI=1S/C16H15BrFNO/c17-12-7-11(8-13(18)9-12)16(19)10-1-3-14(4-2-10)20-15-5-6-15/h1-4,7-9,15-16H,5-6,19H2. The molecule has 20 heavy (non-hydrogen) atoms. The summed E-state index contributed by atoms with van der Waals surface area (Å²) in [7, 11) is 0. The van der Waals surface area contributed by atoms with Gasteiger partial charge < -0.3 is 10.5 Å². The summed E-state index contributed by atoms with van der Waals surface area (Å²) in [6.07, 6.45) is 2.66. The molecule has 1 aliphatic rings. The van der Waals surface area contributed by atoms with Crippen LogP contribution < -0.4 is 10.5 Å². The number of halogens is 2. The van der Waals surface area contributed by atoms with Crippen molar-refractivity contribution in [3.05, 3.63) is 63.9 Å². The van der Waals surface area contributed by atoms with Crippen molar-refractivity contribution in [2.24, 2.45) is 5.73 Å². The third-order valence-electron chi connectivity index (χ3n) is 3.31. The molecule has 4 heteroatoms. The lowest BCUT2D eigenvalue weighted by Gasteiger charge is -2.14. The minimum Gasteiger partial charge on any atom is -0.490 e. The molecule has 2 aromatic rings. The van der Waals surface area contributed by atoms with Crippen LogP contribution in [-0.4, -0.2) is 6.10 Å². The summed E-state index contributed by atoms with van der Waals surface area (Å²) in [5.41, 5.74) is 7.87. The second-order valence-electron chi connectivity index (χ2n) is 5.07. The Labute approximate surface area is 125 Å². The molecule has 1 fully saturated rings. The fourth-order valence-corrected chi connectivity index (χ4v) is 2.56. The Morgan fingerprint density at radius 1 is 1.10 bits per heavy atom. The van der Waals surface area contributed by atoms with E-state index in [1.165, 1.54) is 12.1 Å². The van der Waals surface area contributed by atoms with Crippen LogP contribution in [0.3, 0.4) is 0 Å². The maximum absolute atomic E-state index is 13.4. The van der Waals surface area contributed by atoms with Crippen molar-refractivity contribution >= 4 is 15.9 Å². The van der Waals surface area contributed by atoms with E-state index in [0.717, 1.165) is 29.7 Å². The number of nitrogens with two attached hydrogens (primary N) is 1. The highest BCUT2D eigenvalue weighted by Gasteiger charge is 2.23. The Balaban J connectivity index is 1.79. The van der Waals surface area contributed by atoms with E-state index in [1.807, 2.05) is 30.3 Å². The van der Waals surface area contributed by atoms with Crippen molar-refractivity contribution in [1.82, 2.24) is 0 Å². The van der Waals surface area contributed by atoms with E-state index < -0.39 is 0 Å². The van der Waals surface area contributed by atoms with Gasteiger partial charge in [0.1, 0.15) is 11.6 Å². The monoisotopic (exact) mass is 335 g/mol. The number of hydrogen-bond acceptors (Lipinski definition) is 2. The van der Waals surface area contributed by atoms with Crippen LogP contribution in [0, 0.1) is 5.82 Å². The third-order valence-corrected chi connectivity index (χ3v) is 3.77. The summed E-state index contributed by atoms with van der Waals surface area (Å²) >= 11 is 3.28. The molecule has 1 saturated carbocycles. The molecule has 0 amide bonds. The smallest absolute Gasteiger partial charge is 0.124 e. The zero-order valence-corrected chi connectivity index (χ0v) is 12.4. The first-order valence-electron chi connectivity index (χ1n) is 6.60. The van der Waals surface area contributed by atoms with Crippen molar-refractivity contribution in [3.8, 4) is 5.75 Å². The molecule has 0 radical (unpaired) electrons. The van der Waals surface area contributed by atoms with Gasteiger partial charge in [0.2, 0.25) is 0 Å². The van der Waals surface area contributed by atoms with Gasteiger partial charge in [0.25, 0.3) is 0 Å². The highest BCUT2D eigenvalue weighted by atomic mass is 79.9. The van der Waals surface area contributed by atoms with Gasteiger partial charge in [-0.15, -0.1) is 0 Å². The number of rotatable bonds is 4. The summed E-state index contributed by atoms with van der Waals surface area (Å²) in [5.74, 6) is 0.572. The van der Waals surface area contributed by atoms with Crippen molar-refractivity contribution in [3.63, 3.8) is 0 Å². The molecule has 0 spiro atoms. The highest BCUT2D eigenvalue weighted by Crippen LogP contribution is 2.29. The molecule has 1 unspecified atom stereocenters. The predicted molar refractivity (Wildman–Crippen MR) is 80.2 cm³/mol. The summed E-state index contributed by atoms with van der Waals surface area (Å²) in [4.78, 5) is 0. The van der Waals surface area contributed by atoms with Crippen LogP contribution in [0.5, 0.6) is 5.75 Å². The van der Waals surface area contributed by atoms with E-state index >= 15 is 0 Å². The zero-order valence-electron chi connectivity index (χ0n) is 10.9. The Hall–Kier alpha value is -1.39. The molecule has 0 aromatic heterocycles. The number of hydrogen-bond donors (Lipinski definition) is 1. The maximum Gasteiger partial charge on any atom is 0.124 e. The van der Waals surface area contributed by atoms with E-state index in [0.29, 0.717) is 10.6 Å². The first-order valence-corrected chi connectivity index (χ1v) is 7.39. The molecule has 1 atom stereocenters. The normalized spacial score (nSPS) is 15.9. The van der Waals surface area contributed by atoms with Gasteiger partial charge in [-0.05, 0) is 54.3 Å². The van der Waals surface area contributed by atoms with Crippen LogP contribution in [0.1, 0.15) is 30.0 Å². The molecular weight excluding hydrogens is 321 g/mol. The third kappa shape index (κ3) is 3.19. The van der Waals surface area contributed by atoms with E-state index in [-0.39, 0.29) is 11.9 Å². The fourth-order valence-electron chi connectivity index (χ4n) is 2.08. The average molecular weight is 336 g/mol. The zero-order chi connectivity index (χ0) is 14.1. The quantitative estimate of drug-likeness (QED) is 0.909. The summed E-state index contributed by atoms with van der Waals surface area (Å²) in [6, 6.07) is 12.1. The SMILES string of the molecule is NC(c1ccc(OC2CC2)cc1)c1cc(F)cc(Br)c1. The summed E-state index contributed by atoms with van der Waals surface area (Å²) in [6.45, 7) is 0. The molecule has 2 N–H and O–H groups in total. The highest BCUT2D eigenvalue weighted by molar-refractivity contribution is 9.10. The summed E-state index contributed by atoms with van der Waals surface area (Å²) < 4.78 is 19.8. The van der Waals surface area contributed by atoms with Crippen LogP contribution >= 0.6 is 15.9 Å². The van der Waals surface area contributed by atoms with Crippen molar-refractivity contribution in [1.29, 1.82) is 0 Å². The lowest BCUT2D eigenvalue weighted by Crippen LogP contribution is -2.12. The molecule has 0 saturated heterocycles. The molecule has 104 valence electrons. The van der Waals surface area contributed by atoms with E-state index in [1.54, 1.807) is 0 Å². The Morgan fingerprint density at radius 2 is 1.80 bits per heavy atom. The largest absolute Gasteiger partial charge is 0.490 e. The first kappa shape index (κ1) is 13.6. The fraction of sp³-hybridized carbons (Fsp3) is 0.250. The molecule has 0 aliphatic heterocycles. The number of benzene rings is 2. The molecule has 3 rings (SSSR count). The van der Waals surface area contributed by atoms with Crippen LogP contribution in [0.25, 0.3) is 0 Å². The second kappa shape index (κ2) is 5.54. The van der Waals surface area contributed by atoms with Gasteiger partial charge in [0, 0.05) is 4.47 Å². The second-order valence-corrected chi connectivity index (χ2v) is 5.98.